The van der Waals surface area contributed by atoms with E-state index in [0.29, 0.717) is 34.0 Å². The predicted molar refractivity (Wildman–Crippen MR) is 240 cm³/mol. The number of para-hydroxylation sites is 1. The second kappa shape index (κ2) is 18.4. The van der Waals surface area contributed by atoms with Crippen molar-refractivity contribution in [2.24, 2.45) is 11.3 Å². The first-order valence-corrected chi connectivity index (χ1v) is 22.1. The van der Waals surface area contributed by atoms with Gasteiger partial charge < -0.3 is 44.7 Å². The van der Waals surface area contributed by atoms with Gasteiger partial charge in [-0.1, -0.05) is 17.7 Å². The summed E-state index contributed by atoms with van der Waals surface area (Å²) < 4.78 is 13.1. The minimum Gasteiger partial charge on any atom is -0.494 e. The van der Waals surface area contributed by atoms with Gasteiger partial charge in [-0.2, -0.15) is 4.98 Å². The Kier molecular flexibility index (Phi) is 12.8. The molecule has 0 bridgehead atoms. The van der Waals surface area contributed by atoms with E-state index in [1.807, 2.05) is 44.2 Å². The lowest BCUT2D eigenvalue weighted by Gasteiger charge is -2.55. The molecule has 17 nitrogen and oxygen atoms in total. The Morgan fingerprint density at radius 1 is 1.00 bits per heavy atom. The topological polar surface area (TPSA) is 192 Å². The van der Waals surface area contributed by atoms with Gasteiger partial charge in [0.25, 0.3) is 17.4 Å². The van der Waals surface area contributed by atoms with Crippen LogP contribution >= 0.6 is 11.6 Å². The standard InChI is InChI=1S/C45H55ClN10O7/c1-27(2)56-34-10-8-30(20-29(34)21-36(43(56)61)63-24-38(58)47-3)49-40-32(46)22-48-44(52-40)55-16-12-28(13-17-55)23-53-25-45(26-53)14-18-54(19-15-45)35-7-5-6-31(39(35)62-4)41(59)50-33-9-11-37(57)51-42(33)60/h5-8,10,20-22,27-28,33H,9,11-19,23-26H2,1-4H3,(H,47,58)(H,50,59)(H,48,49,52)(H,51,57,60). The number of piperidine rings is 3. The maximum absolute atomic E-state index is 13.3. The molecule has 4 aliphatic heterocycles. The summed E-state index contributed by atoms with van der Waals surface area (Å²) in [6, 6.07) is 11.9. The first-order chi connectivity index (χ1) is 30.3. The highest BCUT2D eigenvalue weighted by molar-refractivity contribution is 6.33. The monoisotopic (exact) mass is 882 g/mol. The third kappa shape index (κ3) is 9.39. The Bertz CT molecular complexity index is 2450. The SMILES string of the molecule is CNC(=O)COc1cc2cc(Nc3nc(N4CCC(CN5CC6(CCN(c7cccc(C(=O)NC8CCC(=O)NC8=O)c7OC)CC6)C5)CC4)ncc3Cl)ccc2n(C(C)C)c1=O. The first kappa shape index (κ1) is 43.7. The van der Waals surface area contributed by atoms with Gasteiger partial charge >= 0.3 is 0 Å². The number of fused-ring (bicyclic) bond motifs is 1. The quantitative estimate of drug-likeness (QED) is 0.140. The minimum atomic E-state index is -0.763. The van der Waals surface area contributed by atoms with Gasteiger partial charge in [-0.3, -0.25) is 29.3 Å². The predicted octanol–water partition coefficient (Wildman–Crippen LogP) is 4.26. The maximum atomic E-state index is 13.3. The fourth-order valence-electron chi connectivity index (χ4n) is 9.45. The number of carbonyl (C=O) groups is 4. The molecule has 4 fully saturated rings. The molecule has 334 valence electrons. The Balaban J connectivity index is 0.829. The van der Waals surface area contributed by atoms with Gasteiger partial charge in [0, 0.05) is 76.4 Å². The molecule has 0 saturated carbocycles. The number of amides is 4. The maximum Gasteiger partial charge on any atom is 0.293 e. The van der Waals surface area contributed by atoms with Crippen LogP contribution in [0.5, 0.6) is 11.5 Å². The minimum absolute atomic E-state index is 0.0954. The van der Waals surface area contributed by atoms with E-state index in [-0.39, 0.29) is 54.0 Å². The van der Waals surface area contributed by atoms with Gasteiger partial charge in [-0.05, 0) is 93.7 Å². The molecule has 63 heavy (non-hydrogen) atoms. The Labute approximate surface area is 370 Å². The lowest BCUT2D eigenvalue weighted by Crippen LogP contribution is -2.61. The van der Waals surface area contributed by atoms with Crippen LogP contribution in [0.15, 0.2) is 53.5 Å². The highest BCUT2D eigenvalue weighted by Gasteiger charge is 2.45. The summed E-state index contributed by atoms with van der Waals surface area (Å²) in [5.41, 5.74) is 2.68. The van der Waals surface area contributed by atoms with E-state index in [4.69, 9.17) is 26.1 Å². The van der Waals surface area contributed by atoms with Crippen LogP contribution in [-0.4, -0.2) is 116 Å². The van der Waals surface area contributed by atoms with Crippen molar-refractivity contribution in [2.75, 3.05) is 81.7 Å². The van der Waals surface area contributed by atoms with Crippen molar-refractivity contribution in [3.63, 3.8) is 0 Å². The number of rotatable bonds is 13. The number of nitrogens with one attached hydrogen (secondary N) is 4. The summed E-state index contributed by atoms with van der Waals surface area (Å²) in [5.74, 6) is 0.711. The third-order valence-corrected chi connectivity index (χ3v) is 13.1. The molecule has 0 radical (unpaired) electrons. The average Bonchev–Trinajstić information content (AvgIpc) is 3.26. The second-order valence-electron chi connectivity index (χ2n) is 17.4. The molecular formula is C45H55ClN10O7. The van der Waals surface area contributed by atoms with Gasteiger partial charge in [0.1, 0.15) is 11.1 Å². The summed E-state index contributed by atoms with van der Waals surface area (Å²) in [4.78, 5) is 78.8. The Morgan fingerprint density at radius 2 is 1.76 bits per heavy atom. The molecule has 1 atom stereocenters. The van der Waals surface area contributed by atoms with Crippen LogP contribution in [0.3, 0.4) is 0 Å². The Hall–Kier alpha value is -5.94. The first-order valence-electron chi connectivity index (χ1n) is 21.7. The van der Waals surface area contributed by atoms with E-state index in [1.165, 1.54) is 7.05 Å². The summed E-state index contributed by atoms with van der Waals surface area (Å²) in [7, 11) is 3.08. The van der Waals surface area contributed by atoms with Crippen LogP contribution in [0.1, 0.15) is 68.8 Å². The van der Waals surface area contributed by atoms with Crippen LogP contribution < -0.4 is 46.1 Å². The molecule has 2 aromatic carbocycles. The number of likely N-dealkylation sites (tertiary alicyclic amines) is 1. The number of halogens is 1. The number of hydrogen-bond donors (Lipinski definition) is 4. The molecule has 4 saturated heterocycles. The highest BCUT2D eigenvalue weighted by atomic mass is 35.5. The largest absolute Gasteiger partial charge is 0.494 e. The summed E-state index contributed by atoms with van der Waals surface area (Å²) in [6.45, 7) is 10.2. The number of aromatic nitrogens is 3. The van der Waals surface area contributed by atoms with Crippen molar-refractivity contribution in [1.82, 2.24) is 35.4 Å². The van der Waals surface area contributed by atoms with E-state index >= 15 is 0 Å². The molecule has 4 aliphatic rings. The number of nitrogens with zero attached hydrogens (tertiary/aromatic N) is 6. The molecule has 0 aliphatic carbocycles. The normalized spacial score (nSPS) is 19.2. The number of benzene rings is 2. The van der Waals surface area contributed by atoms with Crippen molar-refractivity contribution >= 4 is 69.3 Å². The van der Waals surface area contributed by atoms with Gasteiger partial charge in [0.05, 0.1) is 30.1 Å². The fraction of sp³-hybridized carbons (Fsp3) is 0.489. The van der Waals surface area contributed by atoms with Crippen molar-refractivity contribution in [1.29, 1.82) is 0 Å². The lowest BCUT2D eigenvalue weighted by atomic mass is 9.71. The highest BCUT2D eigenvalue weighted by Crippen LogP contribution is 2.44. The molecule has 8 rings (SSSR count). The number of pyridine rings is 1. The van der Waals surface area contributed by atoms with E-state index in [0.717, 1.165) is 93.8 Å². The number of carbonyl (C=O) groups excluding carboxylic acids is 4. The zero-order valence-electron chi connectivity index (χ0n) is 36.2. The fourth-order valence-corrected chi connectivity index (χ4v) is 9.59. The molecule has 4 amide bonds. The average molecular weight is 883 g/mol. The molecule has 18 heteroatoms. The van der Waals surface area contributed by atoms with E-state index in [1.54, 1.807) is 30.0 Å². The molecule has 2 aromatic heterocycles. The van der Waals surface area contributed by atoms with E-state index in [9.17, 15) is 24.0 Å². The smallest absolute Gasteiger partial charge is 0.293 e. The summed E-state index contributed by atoms with van der Waals surface area (Å²) in [5, 5.41) is 12.1. The number of ether oxygens (including phenoxy) is 2. The molecule has 1 unspecified atom stereocenters. The number of likely N-dealkylation sites (N-methyl/N-ethyl adjacent to an activating group) is 1. The van der Waals surface area contributed by atoms with Crippen LogP contribution in [0, 0.1) is 11.3 Å². The number of methoxy groups -OCH3 is 1. The van der Waals surface area contributed by atoms with Crippen LogP contribution in [0.4, 0.5) is 23.1 Å². The van der Waals surface area contributed by atoms with Gasteiger partial charge in [-0.15, -0.1) is 0 Å². The zero-order chi connectivity index (χ0) is 44.4. The van der Waals surface area contributed by atoms with Gasteiger partial charge in [0.2, 0.25) is 17.8 Å². The van der Waals surface area contributed by atoms with E-state index < -0.39 is 17.9 Å². The van der Waals surface area contributed by atoms with Crippen LogP contribution in [-0.2, 0) is 14.4 Å². The molecular weight excluding hydrogens is 828 g/mol. The number of anilines is 4. The number of hydrogen-bond acceptors (Lipinski definition) is 13. The van der Waals surface area contributed by atoms with Crippen molar-refractivity contribution in [3.05, 3.63) is 69.6 Å². The molecule has 4 N–H and O–H groups in total. The molecule has 6 heterocycles. The second-order valence-corrected chi connectivity index (χ2v) is 17.8. The van der Waals surface area contributed by atoms with Crippen molar-refractivity contribution in [3.8, 4) is 11.5 Å². The summed E-state index contributed by atoms with van der Waals surface area (Å²) >= 11 is 6.62. The molecule has 4 aromatic rings. The van der Waals surface area contributed by atoms with Crippen molar-refractivity contribution in [2.45, 2.75) is 64.5 Å². The third-order valence-electron chi connectivity index (χ3n) is 12.8. The lowest BCUT2D eigenvalue weighted by molar-refractivity contribution is -0.134. The number of imide groups is 1. The van der Waals surface area contributed by atoms with Gasteiger partial charge in [-0.25, -0.2) is 4.98 Å². The Morgan fingerprint density at radius 3 is 2.46 bits per heavy atom. The van der Waals surface area contributed by atoms with Crippen LogP contribution in [0.2, 0.25) is 5.02 Å². The molecule has 1 spiro atoms. The van der Waals surface area contributed by atoms with E-state index in [2.05, 4.69) is 41.0 Å². The van der Waals surface area contributed by atoms with Crippen molar-refractivity contribution < 1.29 is 28.7 Å². The zero-order valence-corrected chi connectivity index (χ0v) is 36.9. The summed E-state index contributed by atoms with van der Waals surface area (Å²) in [6.07, 6.45) is 6.25. The van der Waals surface area contributed by atoms with Crippen LogP contribution in [0.25, 0.3) is 10.9 Å². The van der Waals surface area contributed by atoms with Gasteiger partial charge in [0.15, 0.2) is 23.9 Å².